The number of hydrogen-bond donors (Lipinski definition) is 1. The molecule has 184 valence electrons. The van der Waals surface area contributed by atoms with Crippen molar-refractivity contribution in [2.45, 2.75) is 138 Å². The van der Waals surface area contributed by atoms with E-state index in [0.717, 1.165) is 23.7 Å². The lowest BCUT2D eigenvalue weighted by Crippen LogP contribution is -2.39. The van der Waals surface area contributed by atoms with Crippen LogP contribution < -0.4 is 5.73 Å². The van der Waals surface area contributed by atoms with Crippen molar-refractivity contribution in [1.82, 2.24) is 0 Å². The van der Waals surface area contributed by atoms with Gasteiger partial charge >= 0.3 is 0 Å². The van der Waals surface area contributed by atoms with Gasteiger partial charge in [-0.1, -0.05) is 99.0 Å². The van der Waals surface area contributed by atoms with Crippen molar-refractivity contribution in [2.75, 3.05) is 0 Å². The maximum atomic E-state index is 6.42. The molecule has 1 fully saturated rings. The van der Waals surface area contributed by atoms with Gasteiger partial charge in [0.2, 0.25) is 0 Å². The number of nitrogens with two attached hydrogens (primary N) is 1. The van der Waals surface area contributed by atoms with Gasteiger partial charge in [-0.05, 0) is 80.0 Å². The zero-order chi connectivity index (χ0) is 23.4. The summed E-state index contributed by atoms with van der Waals surface area (Å²) in [5, 5.41) is 0. The largest absolute Gasteiger partial charge is 0.328 e. The normalized spacial score (nSPS) is 25.7. The third-order valence-corrected chi connectivity index (χ3v) is 9.36. The van der Waals surface area contributed by atoms with E-state index in [2.05, 4.69) is 61.1 Å². The standard InChI is InChI=1S/C30H59N/c1-9-13-14-22-30(8,12-4)29(24(6)25(7)31)21-17-23(5)16-18-27-19-20-28(27)26(11-3)15-10-2/h12,23-29H,4,9-11,13-22,31H2,1-3,5-8H3. The minimum atomic E-state index is 0.218. The molecule has 1 heteroatoms. The first-order valence-corrected chi connectivity index (χ1v) is 14.1. The van der Waals surface area contributed by atoms with Gasteiger partial charge in [-0.25, -0.2) is 0 Å². The fraction of sp³-hybridized carbons (Fsp3) is 0.933. The fourth-order valence-electron chi connectivity index (χ4n) is 6.53. The number of unbranched alkanes of at least 4 members (excludes halogenated alkanes) is 2. The second-order valence-corrected chi connectivity index (χ2v) is 11.7. The topological polar surface area (TPSA) is 26.0 Å². The van der Waals surface area contributed by atoms with Crippen molar-refractivity contribution in [3.63, 3.8) is 0 Å². The zero-order valence-electron chi connectivity index (χ0n) is 22.6. The van der Waals surface area contributed by atoms with Gasteiger partial charge in [0, 0.05) is 6.04 Å². The summed E-state index contributed by atoms with van der Waals surface area (Å²) in [4.78, 5) is 0. The van der Waals surface area contributed by atoms with Gasteiger partial charge in [-0.3, -0.25) is 0 Å². The Kier molecular flexibility index (Phi) is 13.7. The summed E-state index contributed by atoms with van der Waals surface area (Å²) in [5.41, 5.74) is 6.64. The lowest BCUT2D eigenvalue weighted by atomic mass is 9.63. The summed E-state index contributed by atoms with van der Waals surface area (Å²) < 4.78 is 0. The van der Waals surface area contributed by atoms with Crippen LogP contribution in [0.1, 0.15) is 132 Å². The first-order chi connectivity index (χ1) is 14.7. The molecular weight excluding hydrogens is 374 g/mol. The lowest BCUT2D eigenvalue weighted by Gasteiger charge is -2.43. The second-order valence-electron chi connectivity index (χ2n) is 11.7. The molecule has 1 nitrogen and oxygen atoms in total. The lowest BCUT2D eigenvalue weighted by molar-refractivity contribution is 0.0795. The number of allylic oxidation sites excluding steroid dienone is 1. The Hall–Kier alpha value is -0.300. The predicted molar refractivity (Wildman–Crippen MR) is 141 cm³/mol. The summed E-state index contributed by atoms with van der Waals surface area (Å²) in [7, 11) is 0. The number of hydrogen-bond acceptors (Lipinski definition) is 1. The summed E-state index contributed by atoms with van der Waals surface area (Å²) >= 11 is 0. The van der Waals surface area contributed by atoms with E-state index >= 15 is 0 Å². The van der Waals surface area contributed by atoms with Crippen molar-refractivity contribution < 1.29 is 0 Å². The van der Waals surface area contributed by atoms with Gasteiger partial charge in [0.05, 0.1) is 0 Å². The molecule has 0 aromatic carbocycles. The van der Waals surface area contributed by atoms with Crippen molar-refractivity contribution in [3.05, 3.63) is 12.7 Å². The van der Waals surface area contributed by atoms with Crippen LogP contribution in [0.2, 0.25) is 0 Å². The smallest absolute Gasteiger partial charge is 0.00390 e. The molecule has 0 saturated heterocycles. The molecule has 0 aliphatic heterocycles. The van der Waals surface area contributed by atoms with Gasteiger partial charge in [-0.2, -0.15) is 0 Å². The summed E-state index contributed by atoms with van der Waals surface area (Å²) in [6.07, 6.45) is 20.2. The highest BCUT2D eigenvalue weighted by atomic mass is 14.6. The molecule has 0 amide bonds. The fourth-order valence-corrected chi connectivity index (χ4v) is 6.53. The molecule has 0 spiro atoms. The molecule has 8 atom stereocenters. The SMILES string of the molecule is C=CC(C)(CCCCC)C(CCC(C)CCC1CCC1C(CC)CCC)C(C)C(C)N. The molecule has 0 radical (unpaired) electrons. The van der Waals surface area contributed by atoms with Crippen LogP contribution in [0, 0.1) is 40.9 Å². The Morgan fingerprint density at radius 3 is 2.16 bits per heavy atom. The van der Waals surface area contributed by atoms with Crippen LogP contribution in [0.4, 0.5) is 0 Å². The summed E-state index contributed by atoms with van der Waals surface area (Å²) in [6, 6.07) is 0.256. The average molecular weight is 434 g/mol. The van der Waals surface area contributed by atoms with E-state index in [0.29, 0.717) is 11.8 Å². The van der Waals surface area contributed by atoms with Gasteiger partial charge < -0.3 is 5.73 Å². The highest BCUT2D eigenvalue weighted by Crippen LogP contribution is 2.46. The first-order valence-electron chi connectivity index (χ1n) is 14.1. The molecule has 1 rings (SSSR count). The van der Waals surface area contributed by atoms with E-state index in [9.17, 15) is 0 Å². The van der Waals surface area contributed by atoms with Gasteiger partial charge in [-0.15, -0.1) is 6.58 Å². The maximum Gasteiger partial charge on any atom is 0.00390 e. The van der Waals surface area contributed by atoms with Crippen LogP contribution in [-0.2, 0) is 0 Å². The van der Waals surface area contributed by atoms with Crippen LogP contribution in [0.5, 0.6) is 0 Å². The van der Waals surface area contributed by atoms with Gasteiger partial charge in [0.15, 0.2) is 0 Å². The van der Waals surface area contributed by atoms with Crippen LogP contribution in [0.3, 0.4) is 0 Å². The minimum absolute atomic E-state index is 0.218. The minimum Gasteiger partial charge on any atom is -0.328 e. The Labute approximate surface area is 197 Å². The van der Waals surface area contributed by atoms with Gasteiger partial charge in [0.1, 0.15) is 0 Å². The molecule has 0 heterocycles. The van der Waals surface area contributed by atoms with Crippen LogP contribution >= 0.6 is 0 Å². The quantitative estimate of drug-likeness (QED) is 0.169. The average Bonchev–Trinajstić information content (AvgIpc) is 2.72. The summed E-state index contributed by atoms with van der Waals surface area (Å²) in [6.45, 7) is 20.9. The molecule has 0 aromatic heterocycles. The van der Waals surface area contributed by atoms with Crippen LogP contribution in [0.15, 0.2) is 12.7 Å². The second kappa shape index (κ2) is 14.8. The molecule has 0 bridgehead atoms. The predicted octanol–water partition coefficient (Wildman–Crippen LogP) is 9.41. The Morgan fingerprint density at radius 2 is 1.68 bits per heavy atom. The molecule has 31 heavy (non-hydrogen) atoms. The van der Waals surface area contributed by atoms with Crippen molar-refractivity contribution >= 4 is 0 Å². The first kappa shape index (κ1) is 28.7. The zero-order valence-corrected chi connectivity index (χ0v) is 22.6. The molecule has 0 aromatic rings. The van der Waals surface area contributed by atoms with E-state index in [1.165, 1.54) is 83.5 Å². The van der Waals surface area contributed by atoms with E-state index < -0.39 is 0 Å². The molecule has 1 aliphatic carbocycles. The van der Waals surface area contributed by atoms with E-state index in [1.54, 1.807) is 0 Å². The molecule has 1 aliphatic rings. The molecular formula is C30H59N. The van der Waals surface area contributed by atoms with Crippen LogP contribution in [0.25, 0.3) is 0 Å². The Balaban J connectivity index is 2.62. The maximum absolute atomic E-state index is 6.42. The number of rotatable bonds is 18. The Bertz CT molecular complexity index is 469. The third-order valence-electron chi connectivity index (χ3n) is 9.36. The molecule has 2 N–H and O–H groups in total. The Morgan fingerprint density at radius 1 is 0.968 bits per heavy atom. The summed E-state index contributed by atoms with van der Waals surface area (Å²) in [5.74, 6) is 5.07. The molecule has 8 unspecified atom stereocenters. The van der Waals surface area contributed by atoms with E-state index in [4.69, 9.17) is 5.73 Å². The van der Waals surface area contributed by atoms with Gasteiger partial charge in [0.25, 0.3) is 0 Å². The van der Waals surface area contributed by atoms with E-state index in [1.807, 2.05) is 0 Å². The molecule has 1 saturated carbocycles. The van der Waals surface area contributed by atoms with Crippen molar-refractivity contribution in [3.8, 4) is 0 Å². The van der Waals surface area contributed by atoms with Crippen LogP contribution in [-0.4, -0.2) is 6.04 Å². The third kappa shape index (κ3) is 8.87. The van der Waals surface area contributed by atoms with Crippen molar-refractivity contribution in [1.29, 1.82) is 0 Å². The van der Waals surface area contributed by atoms with Crippen molar-refractivity contribution in [2.24, 2.45) is 46.7 Å². The van der Waals surface area contributed by atoms with E-state index in [-0.39, 0.29) is 11.5 Å². The monoisotopic (exact) mass is 433 g/mol. The highest BCUT2D eigenvalue weighted by molar-refractivity contribution is 4.99. The highest BCUT2D eigenvalue weighted by Gasteiger charge is 2.37.